The van der Waals surface area contributed by atoms with Crippen LogP contribution in [0.25, 0.3) is 0 Å². The number of ether oxygens (including phenoxy) is 1. The van der Waals surface area contributed by atoms with Crippen molar-refractivity contribution in [3.05, 3.63) is 34.3 Å². The highest BCUT2D eigenvalue weighted by molar-refractivity contribution is 9.10. The van der Waals surface area contributed by atoms with E-state index >= 15 is 0 Å². The first kappa shape index (κ1) is 18.3. The van der Waals surface area contributed by atoms with E-state index in [9.17, 15) is 9.59 Å². The molecule has 2 amide bonds. The van der Waals surface area contributed by atoms with E-state index in [1.807, 2.05) is 30.3 Å². The number of carbonyl (C=O) groups excluding carboxylic acids is 2. The summed E-state index contributed by atoms with van der Waals surface area (Å²) in [6.45, 7) is 0.139. The molecule has 0 spiro atoms. The molecule has 1 aromatic rings. The Labute approximate surface area is 149 Å². The van der Waals surface area contributed by atoms with Gasteiger partial charge in [0, 0.05) is 16.1 Å². The maximum absolute atomic E-state index is 12.1. The van der Waals surface area contributed by atoms with Crippen molar-refractivity contribution in [3.8, 4) is 6.07 Å². The van der Waals surface area contributed by atoms with Crippen LogP contribution in [0, 0.1) is 17.2 Å². The summed E-state index contributed by atoms with van der Waals surface area (Å²) in [7, 11) is 0. The van der Waals surface area contributed by atoms with Gasteiger partial charge in [-0.1, -0.05) is 47.0 Å². The lowest BCUT2D eigenvalue weighted by atomic mass is 9.84. The summed E-state index contributed by atoms with van der Waals surface area (Å²) in [6, 6.07) is 9.14. The van der Waals surface area contributed by atoms with Crippen molar-refractivity contribution in [3.63, 3.8) is 0 Å². The van der Waals surface area contributed by atoms with Crippen molar-refractivity contribution in [2.24, 2.45) is 5.92 Å². The predicted octanol–water partition coefficient (Wildman–Crippen LogP) is 2.87. The second kappa shape index (κ2) is 9.28. The van der Waals surface area contributed by atoms with Gasteiger partial charge in [-0.25, -0.2) is 4.79 Å². The van der Waals surface area contributed by atoms with Gasteiger partial charge in [0.05, 0.1) is 12.0 Å². The minimum Gasteiger partial charge on any atom is -0.445 e. The highest BCUT2D eigenvalue weighted by Crippen LogP contribution is 2.25. The molecule has 2 atom stereocenters. The number of carbonyl (C=O) groups is 2. The number of halogens is 1. The summed E-state index contributed by atoms with van der Waals surface area (Å²) in [5.41, 5.74) is 0.875. The van der Waals surface area contributed by atoms with Gasteiger partial charge in [-0.05, 0) is 18.9 Å². The molecule has 0 radical (unpaired) electrons. The molecule has 6 nitrogen and oxygen atoms in total. The number of hydrogen-bond acceptors (Lipinski definition) is 4. The van der Waals surface area contributed by atoms with Crippen molar-refractivity contribution in [1.82, 2.24) is 10.6 Å². The van der Waals surface area contributed by atoms with Crippen LogP contribution < -0.4 is 10.6 Å². The van der Waals surface area contributed by atoms with Crippen LogP contribution in [0.15, 0.2) is 28.7 Å². The standard InChI is InChI=1S/C17H20BrN3O3/c18-14-7-3-1-5-12(14)11-24-17(23)21-15-8-4-2-6-13(15)16(22)20-10-9-19/h1,3,5,7,13,15H,2,4,6,8,10-11H2,(H,20,22)(H,21,23). The topological polar surface area (TPSA) is 91.2 Å². The molecular weight excluding hydrogens is 374 g/mol. The zero-order valence-electron chi connectivity index (χ0n) is 13.3. The number of benzene rings is 1. The van der Waals surface area contributed by atoms with Crippen LogP contribution in [-0.2, 0) is 16.1 Å². The van der Waals surface area contributed by atoms with Crippen LogP contribution in [0.1, 0.15) is 31.2 Å². The fourth-order valence-corrected chi connectivity index (χ4v) is 3.23. The van der Waals surface area contributed by atoms with Crippen molar-refractivity contribution in [2.75, 3.05) is 6.54 Å². The largest absolute Gasteiger partial charge is 0.445 e. The first-order chi connectivity index (χ1) is 11.6. The maximum Gasteiger partial charge on any atom is 0.407 e. The zero-order chi connectivity index (χ0) is 17.4. The third kappa shape index (κ3) is 5.24. The molecule has 2 unspecified atom stereocenters. The van der Waals surface area contributed by atoms with Crippen molar-refractivity contribution < 1.29 is 14.3 Å². The van der Waals surface area contributed by atoms with Gasteiger partial charge in [-0.15, -0.1) is 0 Å². The molecule has 2 rings (SSSR count). The molecule has 1 saturated carbocycles. The third-order valence-corrected chi connectivity index (χ3v) is 4.84. The van der Waals surface area contributed by atoms with Crippen molar-refractivity contribution in [1.29, 1.82) is 5.26 Å². The highest BCUT2D eigenvalue weighted by atomic mass is 79.9. The van der Waals surface area contributed by atoms with Crippen LogP contribution >= 0.6 is 15.9 Å². The average molecular weight is 394 g/mol. The van der Waals surface area contributed by atoms with Gasteiger partial charge >= 0.3 is 6.09 Å². The van der Waals surface area contributed by atoms with Crippen LogP contribution in [0.5, 0.6) is 0 Å². The minimum atomic E-state index is -0.532. The van der Waals surface area contributed by atoms with Gasteiger partial charge in [-0.3, -0.25) is 4.79 Å². The van der Waals surface area contributed by atoms with Gasteiger partial charge in [0.1, 0.15) is 13.2 Å². The first-order valence-electron chi connectivity index (χ1n) is 7.93. The number of alkyl carbamates (subject to hydrolysis) is 1. The molecular formula is C17H20BrN3O3. The number of nitrogens with one attached hydrogen (secondary N) is 2. The quantitative estimate of drug-likeness (QED) is 0.752. The van der Waals surface area contributed by atoms with Gasteiger partial charge in [-0.2, -0.15) is 5.26 Å². The first-order valence-corrected chi connectivity index (χ1v) is 8.72. The molecule has 2 N–H and O–H groups in total. The summed E-state index contributed by atoms with van der Waals surface area (Å²) in [5, 5.41) is 13.9. The molecule has 1 aliphatic carbocycles. The lowest BCUT2D eigenvalue weighted by molar-refractivity contribution is -0.126. The molecule has 1 aromatic carbocycles. The second-order valence-corrected chi connectivity index (χ2v) is 6.54. The van der Waals surface area contributed by atoms with E-state index in [4.69, 9.17) is 10.00 Å². The van der Waals surface area contributed by atoms with E-state index in [1.165, 1.54) is 0 Å². The lowest BCUT2D eigenvalue weighted by Crippen LogP contribution is -2.48. The lowest BCUT2D eigenvalue weighted by Gasteiger charge is -2.30. The Hall–Kier alpha value is -2.07. The molecule has 0 aromatic heterocycles. The van der Waals surface area contributed by atoms with Crippen LogP contribution in [0.2, 0.25) is 0 Å². The molecule has 0 bridgehead atoms. The SMILES string of the molecule is N#CCNC(=O)C1CCCCC1NC(=O)OCc1ccccc1Br. The van der Waals surface area contributed by atoms with E-state index < -0.39 is 6.09 Å². The third-order valence-electron chi connectivity index (χ3n) is 4.06. The molecule has 1 fully saturated rings. The van der Waals surface area contributed by atoms with Crippen LogP contribution in [0.3, 0.4) is 0 Å². The Balaban J connectivity index is 1.87. The number of amides is 2. The number of nitriles is 1. The Morgan fingerprint density at radius 3 is 2.79 bits per heavy atom. The van der Waals surface area contributed by atoms with E-state index in [1.54, 1.807) is 0 Å². The highest BCUT2D eigenvalue weighted by Gasteiger charge is 2.32. The molecule has 24 heavy (non-hydrogen) atoms. The van der Waals surface area contributed by atoms with E-state index in [2.05, 4.69) is 26.6 Å². The zero-order valence-corrected chi connectivity index (χ0v) is 14.8. The smallest absolute Gasteiger partial charge is 0.407 e. The van der Waals surface area contributed by atoms with Crippen LogP contribution in [0.4, 0.5) is 4.79 Å². The van der Waals surface area contributed by atoms with Crippen molar-refractivity contribution >= 4 is 27.9 Å². The Kier molecular flexibility index (Phi) is 7.07. The van der Waals surface area contributed by atoms with Crippen LogP contribution in [-0.4, -0.2) is 24.6 Å². The Morgan fingerprint density at radius 2 is 2.04 bits per heavy atom. The molecule has 0 saturated heterocycles. The number of nitrogens with zero attached hydrogens (tertiary/aromatic N) is 1. The summed E-state index contributed by atoms with van der Waals surface area (Å²) in [6.07, 6.45) is 2.79. The van der Waals surface area contributed by atoms with Gasteiger partial charge in [0.15, 0.2) is 0 Å². The van der Waals surface area contributed by atoms with Gasteiger partial charge < -0.3 is 15.4 Å². The van der Waals surface area contributed by atoms with E-state index in [0.717, 1.165) is 29.3 Å². The van der Waals surface area contributed by atoms with Gasteiger partial charge in [0.25, 0.3) is 0 Å². The summed E-state index contributed by atoms with van der Waals surface area (Å²) < 4.78 is 6.14. The van der Waals surface area contributed by atoms with E-state index in [-0.39, 0.29) is 31.0 Å². The molecule has 7 heteroatoms. The van der Waals surface area contributed by atoms with Crippen molar-refractivity contribution in [2.45, 2.75) is 38.3 Å². The predicted molar refractivity (Wildman–Crippen MR) is 91.8 cm³/mol. The summed E-state index contributed by atoms with van der Waals surface area (Å²) >= 11 is 3.41. The maximum atomic E-state index is 12.1. The fraction of sp³-hybridized carbons (Fsp3) is 0.471. The number of hydrogen-bond donors (Lipinski definition) is 2. The summed E-state index contributed by atoms with van der Waals surface area (Å²) in [4.78, 5) is 24.2. The molecule has 0 aliphatic heterocycles. The monoisotopic (exact) mass is 393 g/mol. The Bertz CT molecular complexity index is 630. The van der Waals surface area contributed by atoms with Gasteiger partial charge in [0.2, 0.25) is 5.91 Å². The molecule has 0 heterocycles. The second-order valence-electron chi connectivity index (χ2n) is 5.69. The molecule has 1 aliphatic rings. The summed E-state index contributed by atoms with van der Waals surface area (Å²) in [5.74, 6) is -0.504. The fourth-order valence-electron chi connectivity index (χ4n) is 2.83. The Morgan fingerprint density at radius 1 is 1.29 bits per heavy atom. The van der Waals surface area contributed by atoms with E-state index in [0.29, 0.717) is 6.42 Å². The normalized spacial score (nSPS) is 19.8. The average Bonchev–Trinajstić information content (AvgIpc) is 2.59. The molecule has 128 valence electrons. The number of rotatable bonds is 5. The minimum absolute atomic E-state index is 0.0193.